The first kappa shape index (κ1) is 15.4. The van der Waals surface area contributed by atoms with Gasteiger partial charge in [-0.3, -0.25) is 10.1 Å². The second kappa shape index (κ2) is 6.70. The molecule has 3 rings (SSSR count). The summed E-state index contributed by atoms with van der Waals surface area (Å²) in [6.45, 7) is 0.112. The average Bonchev–Trinajstić information content (AvgIpc) is 3.05. The van der Waals surface area contributed by atoms with E-state index in [1.807, 2.05) is 0 Å². The van der Waals surface area contributed by atoms with Crippen LogP contribution in [0.3, 0.4) is 0 Å². The van der Waals surface area contributed by atoms with Crippen LogP contribution in [-0.2, 0) is 11.4 Å². The van der Waals surface area contributed by atoms with E-state index in [-0.39, 0.29) is 30.4 Å². The van der Waals surface area contributed by atoms with Gasteiger partial charge in [-0.05, 0) is 18.9 Å². The summed E-state index contributed by atoms with van der Waals surface area (Å²) in [5.74, 6) is 0.378. The average molecular weight is 316 g/mol. The Morgan fingerprint density at radius 2 is 2.04 bits per heavy atom. The van der Waals surface area contributed by atoms with Crippen molar-refractivity contribution in [2.45, 2.75) is 31.5 Å². The number of benzene rings is 1. The maximum atomic E-state index is 13.5. The molecular formula is C16H17FN4O2. The molecule has 1 aromatic heterocycles. The lowest BCUT2D eigenvalue weighted by Crippen LogP contribution is -2.37. The maximum Gasteiger partial charge on any atom is 0.234 e. The fourth-order valence-electron chi connectivity index (χ4n) is 2.53. The molecule has 120 valence electrons. The van der Waals surface area contributed by atoms with Gasteiger partial charge in [-0.25, -0.2) is 14.4 Å². The van der Waals surface area contributed by atoms with E-state index in [2.05, 4.69) is 15.3 Å². The van der Waals surface area contributed by atoms with Gasteiger partial charge in [0.2, 0.25) is 5.91 Å². The Morgan fingerprint density at radius 3 is 2.70 bits per heavy atom. The normalized spacial score (nSPS) is 20.4. The minimum Gasteiger partial charge on any atom is -0.486 e. The van der Waals surface area contributed by atoms with Gasteiger partial charge in [-0.1, -0.05) is 18.2 Å². The molecule has 6 nitrogen and oxygen atoms in total. The first-order valence-corrected chi connectivity index (χ1v) is 7.37. The van der Waals surface area contributed by atoms with E-state index in [0.29, 0.717) is 23.6 Å². The number of amides is 1. The second-order valence-electron chi connectivity index (χ2n) is 5.41. The van der Waals surface area contributed by atoms with Crippen LogP contribution in [0, 0.1) is 5.82 Å². The summed E-state index contributed by atoms with van der Waals surface area (Å²) in [6.07, 6.45) is 4.52. The number of nitrogens with two attached hydrogens (primary N) is 1. The Kier molecular flexibility index (Phi) is 4.47. The van der Waals surface area contributed by atoms with Crippen LogP contribution in [0.15, 0.2) is 36.7 Å². The molecule has 2 heterocycles. The summed E-state index contributed by atoms with van der Waals surface area (Å²) in [7, 11) is 0. The van der Waals surface area contributed by atoms with E-state index in [1.165, 1.54) is 6.07 Å². The predicted octanol–water partition coefficient (Wildman–Crippen LogP) is 1.47. The Labute approximate surface area is 132 Å². The lowest BCUT2D eigenvalue weighted by Gasteiger charge is -2.11. The van der Waals surface area contributed by atoms with Gasteiger partial charge in [0.1, 0.15) is 18.2 Å². The highest BCUT2D eigenvalue weighted by Gasteiger charge is 2.29. The van der Waals surface area contributed by atoms with E-state index in [1.54, 1.807) is 30.6 Å². The van der Waals surface area contributed by atoms with Crippen LogP contribution >= 0.6 is 0 Å². The van der Waals surface area contributed by atoms with Crippen molar-refractivity contribution in [3.8, 4) is 5.75 Å². The number of primary amides is 1. The number of ether oxygens (including phenoxy) is 1. The minimum atomic E-state index is -0.364. The summed E-state index contributed by atoms with van der Waals surface area (Å²) in [4.78, 5) is 19.6. The number of aromatic nitrogens is 2. The van der Waals surface area contributed by atoms with Crippen molar-refractivity contribution in [1.82, 2.24) is 15.3 Å². The number of hydrogen-bond acceptors (Lipinski definition) is 5. The first-order valence-electron chi connectivity index (χ1n) is 7.37. The molecular weight excluding hydrogens is 299 g/mol. The molecule has 3 N–H and O–H groups in total. The van der Waals surface area contributed by atoms with Crippen molar-refractivity contribution >= 4 is 5.91 Å². The first-order chi connectivity index (χ1) is 11.1. The van der Waals surface area contributed by atoms with E-state index >= 15 is 0 Å². The molecule has 0 radical (unpaired) electrons. The molecule has 1 saturated heterocycles. The van der Waals surface area contributed by atoms with Crippen molar-refractivity contribution in [2.24, 2.45) is 5.73 Å². The molecule has 0 bridgehead atoms. The van der Waals surface area contributed by atoms with Crippen LogP contribution in [0.2, 0.25) is 0 Å². The van der Waals surface area contributed by atoms with E-state index < -0.39 is 0 Å². The van der Waals surface area contributed by atoms with Crippen LogP contribution in [0.4, 0.5) is 4.39 Å². The van der Waals surface area contributed by atoms with Crippen LogP contribution in [0.25, 0.3) is 0 Å². The third-order valence-corrected chi connectivity index (χ3v) is 3.80. The van der Waals surface area contributed by atoms with Gasteiger partial charge in [0.25, 0.3) is 0 Å². The number of carbonyl (C=O) groups excluding carboxylic acids is 1. The van der Waals surface area contributed by atoms with Crippen molar-refractivity contribution in [3.05, 3.63) is 53.9 Å². The van der Waals surface area contributed by atoms with E-state index in [9.17, 15) is 9.18 Å². The van der Waals surface area contributed by atoms with Gasteiger partial charge >= 0.3 is 0 Å². The molecule has 0 spiro atoms. The Morgan fingerprint density at radius 1 is 1.30 bits per heavy atom. The van der Waals surface area contributed by atoms with Gasteiger partial charge in [0.15, 0.2) is 5.75 Å². The third kappa shape index (κ3) is 3.62. The Hall–Kier alpha value is -2.54. The maximum absolute atomic E-state index is 13.5. The van der Waals surface area contributed by atoms with Gasteiger partial charge in [0.05, 0.1) is 24.5 Å². The molecule has 1 aliphatic heterocycles. The summed E-state index contributed by atoms with van der Waals surface area (Å²) < 4.78 is 19.0. The molecule has 1 amide bonds. The largest absolute Gasteiger partial charge is 0.486 e. The molecule has 2 unspecified atom stereocenters. The number of halogens is 1. The zero-order valence-electron chi connectivity index (χ0n) is 12.4. The highest BCUT2D eigenvalue weighted by Crippen LogP contribution is 2.24. The highest BCUT2D eigenvalue weighted by molar-refractivity contribution is 5.80. The molecule has 1 fully saturated rings. The molecule has 2 aromatic rings. The summed E-state index contributed by atoms with van der Waals surface area (Å²) >= 11 is 0. The standard InChI is InChI=1S/C16H17FN4O2/c17-12-4-2-1-3-10(12)9-23-11-7-19-16(20-8-11)14-6-5-13(21-14)15(18)22/h1-4,7-8,13-14,21H,5-6,9H2,(H2,18,22). The highest BCUT2D eigenvalue weighted by atomic mass is 19.1. The topological polar surface area (TPSA) is 90.1 Å². The number of carbonyl (C=O) groups is 1. The number of rotatable bonds is 5. The second-order valence-corrected chi connectivity index (χ2v) is 5.41. The minimum absolute atomic E-state index is 0.0897. The molecule has 0 aliphatic carbocycles. The monoisotopic (exact) mass is 316 g/mol. The molecule has 23 heavy (non-hydrogen) atoms. The molecule has 1 aromatic carbocycles. The van der Waals surface area contributed by atoms with Gasteiger partial charge < -0.3 is 10.5 Å². The smallest absolute Gasteiger partial charge is 0.234 e. The van der Waals surface area contributed by atoms with Crippen LogP contribution in [0.1, 0.15) is 30.3 Å². The number of nitrogens with zero attached hydrogens (tertiary/aromatic N) is 2. The molecule has 2 atom stereocenters. The fraction of sp³-hybridized carbons (Fsp3) is 0.312. The van der Waals surface area contributed by atoms with Crippen LogP contribution < -0.4 is 15.8 Å². The molecule has 1 aliphatic rings. The molecule has 0 saturated carbocycles. The Bertz CT molecular complexity index is 693. The zero-order valence-corrected chi connectivity index (χ0v) is 12.4. The van der Waals surface area contributed by atoms with E-state index in [4.69, 9.17) is 10.5 Å². The van der Waals surface area contributed by atoms with Gasteiger partial charge in [-0.2, -0.15) is 0 Å². The lowest BCUT2D eigenvalue weighted by molar-refractivity contribution is -0.119. The SMILES string of the molecule is NC(=O)C1CCC(c2ncc(OCc3ccccc3F)cn2)N1. The quantitative estimate of drug-likeness (QED) is 0.872. The summed E-state index contributed by atoms with van der Waals surface area (Å²) in [6, 6.07) is 6.01. The van der Waals surface area contributed by atoms with Gasteiger partial charge in [-0.15, -0.1) is 0 Å². The van der Waals surface area contributed by atoms with Gasteiger partial charge in [0, 0.05) is 5.56 Å². The van der Waals surface area contributed by atoms with Crippen LogP contribution in [0.5, 0.6) is 5.75 Å². The lowest BCUT2D eigenvalue weighted by atomic mass is 10.2. The molecule has 7 heteroatoms. The van der Waals surface area contributed by atoms with Crippen molar-refractivity contribution in [2.75, 3.05) is 0 Å². The fourth-order valence-corrected chi connectivity index (χ4v) is 2.53. The third-order valence-electron chi connectivity index (χ3n) is 3.80. The number of hydrogen-bond donors (Lipinski definition) is 2. The van der Waals surface area contributed by atoms with E-state index in [0.717, 1.165) is 6.42 Å². The summed E-state index contributed by atoms with van der Waals surface area (Å²) in [5.41, 5.74) is 5.75. The summed E-state index contributed by atoms with van der Waals surface area (Å²) in [5, 5.41) is 3.10. The predicted molar refractivity (Wildman–Crippen MR) is 80.9 cm³/mol. The Balaban J connectivity index is 1.59. The zero-order chi connectivity index (χ0) is 16.2. The van der Waals surface area contributed by atoms with Crippen molar-refractivity contribution < 1.29 is 13.9 Å². The van der Waals surface area contributed by atoms with Crippen molar-refractivity contribution in [3.63, 3.8) is 0 Å². The van der Waals surface area contributed by atoms with Crippen molar-refractivity contribution in [1.29, 1.82) is 0 Å². The number of nitrogens with one attached hydrogen (secondary N) is 1. The van der Waals surface area contributed by atoms with Crippen LogP contribution in [-0.4, -0.2) is 21.9 Å².